The Morgan fingerprint density at radius 2 is 1.82 bits per heavy atom. The molecule has 0 bridgehead atoms. The van der Waals surface area contributed by atoms with Crippen molar-refractivity contribution in [3.05, 3.63) is 71.8 Å². The van der Waals surface area contributed by atoms with Crippen molar-refractivity contribution in [1.29, 1.82) is 0 Å². The van der Waals surface area contributed by atoms with E-state index in [2.05, 4.69) is 44.6 Å². The lowest BCUT2D eigenvalue weighted by Crippen LogP contribution is -2.49. The van der Waals surface area contributed by atoms with Gasteiger partial charge in [-0.2, -0.15) is 0 Å². The summed E-state index contributed by atoms with van der Waals surface area (Å²) in [6.07, 6.45) is 0.385. The van der Waals surface area contributed by atoms with Gasteiger partial charge in [-0.15, -0.1) is 0 Å². The van der Waals surface area contributed by atoms with Crippen molar-refractivity contribution in [2.75, 3.05) is 26.1 Å². The molecular weight excluding hydrogens is 516 g/mol. The Bertz CT molecular complexity index is 1470. The highest BCUT2D eigenvalue weighted by molar-refractivity contribution is 5.95. The molecule has 4 N–H and O–H groups in total. The number of hydrogen-bond donors (Lipinski definition) is 4. The average molecular weight is 549 g/mol. The molecule has 0 radical (unpaired) electrons. The van der Waals surface area contributed by atoms with Gasteiger partial charge in [-0.25, -0.2) is 15.0 Å². The standard InChI is InChI=1S/C28H32N6O6/c1-16-6-4-5-7-17(16)11-29-26-24-27(31-14-30-26)34(15-32-24)12-21-23(25(36)22(13-35)40-21)33-28(37)18-8-19(38-2)10-20(9-18)39-3/h4-10,14-15,21-23,25,35-36H,11-13H2,1-3H3,(H,33,37)(H,29,30,31)/t21?,22?,23-,25+/m1/s1. The van der Waals surface area contributed by atoms with E-state index in [0.717, 1.165) is 5.56 Å². The molecule has 2 unspecified atom stereocenters. The maximum absolute atomic E-state index is 13.2. The van der Waals surface area contributed by atoms with Crippen LogP contribution in [0.1, 0.15) is 21.5 Å². The van der Waals surface area contributed by atoms with E-state index < -0.39 is 36.9 Å². The van der Waals surface area contributed by atoms with Gasteiger partial charge >= 0.3 is 0 Å². The average Bonchev–Trinajstić information content (AvgIpc) is 3.52. The summed E-state index contributed by atoms with van der Waals surface area (Å²) >= 11 is 0. The number of aromatic nitrogens is 4. The Labute approximate surface area is 231 Å². The zero-order chi connectivity index (χ0) is 28.2. The number of methoxy groups -OCH3 is 2. The minimum atomic E-state index is -1.14. The molecule has 1 aliphatic heterocycles. The fourth-order valence-electron chi connectivity index (χ4n) is 4.82. The molecule has 1 aliphatic rings. The summed E-state index contributed by atoms with van der Waals surface area (Å²) in [5.41, 5.74) is 3.75. The fraction of sp³-hybridized carbons (Fsp3) is 0.357. The highest BCUT2D eigenvalue weighted by Gasteiger charge is 2.44. The number of benzene rings is 2. The number of carbonyl (C=O) groups is 1. The van der Waals surface area contributed by atoms with Gasteiger partial charge in [0.1, 0.15) is 35.6 Å². The summed E-state index contributed by atoms with van der Waals surface area (Å²) in [6.45, 7) is 2.43. The van der Waals surface area contributed by atoms with Crippen molar-refractivity contribution >= 4 is 22.9 Å². The maximum Gasteiger partial charge on any atom is 0.251 e. The third-order valence-corrected chi connectivity index (χ3v) is 7.08. The number of nitrogens with one attached hydrogen (secondary N) is 2. The van der Waals surface area contributed by atoms with Crippen LogP contribution in [0.4, 0.5) is 5.82 Å². The number of carbonyl (C=O) groups excluding carboxylic acids is 1. The van der Waals surface area contributed by atoms with Crippen molar-refractivity contribution < 1.29 is 29.2 Å². The molecule has 4 aromatic rings. The van der Waals surface area contributed by atoms with E-state index in [1.165, 1.54) is 26.1 Å². The molecule has 12 heteroatoms. The van der Waals surface area contributed by atoms with Gasteiger partial charge in [0.05, 0.1) is 45.8 Å². The van der Waals surface area contributed by atoms with E-state index in [9.17, 15) is 15.0 Å². The molecule has 210 valence electrons. The van der Waals surface area contributed by atoms with Gasteiger partial charge in [0.15, 0.2) is 11.5 Å². The first-order chi connectivity index (χ1) is 19.4. The van der Waals surface area contributed by atoms with Crippen LogP contribution in [-0.4, -0.2) is 80.8 Å². The lowest BCUT2D eigenvalue weighted by Gasteiger charge is -2.22. The number of aliphatic hydroxyl groups is 2. The van der Waals surface area contributed by atoms with Crippen molar-refractivity contribution in [2.24, 2.45) is 0 Å². The first-order valence-corrected chi connectivity index (χ1v) is 12.8. The molecule has 12 nitrogen and oxygen atoms in total. The predicted octanol–water partition coefficient (Wildman–Crippen LogP) is 1.68. The fourth-order valence-corrected chi connectivity index (χ4v) is 4.82. The normalized spacial score (nSPS) is 20.4. The number of aryl methyl sites for hydroxylation is 1. The Morgan fingerprint density at radius 3 is 2.52 bits per heavy atom. The highest BCUT2D eigenvalue weighted by Crippen LogP contribution is 2.27. The number of aliphatic hydroxyl groups excluding tert-OH is 2. The van der Waals surface area contributed by atoms with Crippen molar-refractivity contribution in [3.8, 4) is 11.5 Å². The quantitative estimate of drug-likeness (QED) is 0.230. The van der Waals surface area contributed by atoms with Gasteiger partial charge in [0, 0.05) is 18.2 Å². The van der Waals surface area contributed by atoms with Gasteiger partial charge in [0.25, 0.3) is 5.91 Å². The zero-order valence-corrected chi connectivity index (χ0v) is 22.4. The molecule has 40 heavy (non-hydrogen) atoms. The minimum absolute atomic E-state index is 0.213. The number of imidazole rings is 1. The van der Waals surface area contributed by atoms with Crippen molar-refractivity contribution in [2.45, 2.75) is 44.4 Å². The van der Waals surface area contributed by atoms with Crippen LogP contribution in [-0.2, 0) is 17.8 Å². The summed E-state index contributed by atoms with van der Waals surface area (Å²) in [5.74, 6) is 1.04. The van der Waals surface area contributed by atoms with E-state index in [0.29, 0.717) is 40.6 Å². The molecule has 0 saturated carbocycles. The largest absolute Gasteiger partial charge is 0.497 e. The molecule has 0 spiro atoms. The van der Waals surface area contributed by atoms with Crippen LogP contribution in [0.15, 0.2) is 55.1 Å². The summed E-state index contributed by atoms with van der Waals surface area (Å²) in [4.78, 5) is 26.5. The first kappa shape index (κ1) is 27.3. The molecule has 1 amide bonds. The molecule has 4 atom stereocenters. The SMILES string of the molecule is COc1cc(OC)cc(C(=O)N[C@@H]2C(Cn3cnc4c(NCc5ccccc5C)ncnc43)OC(CO)[C@@H]2O)c1. The summed E-state index contributed by atoms with van der Waals surface area (Å²) in [6, 6.07) is 12.1. The lowest BCUT2D eigenvalue weighted by atomic mass is 10.0. The molecule has 2 aromatic carbocycles. The third kappa shape index (κ3) is 5.55. The van der Waals surface area contributed by atoms with E-state index in [1.54, 1.807) is 29.1 Å². The van der Waals surface area contributed by atoms with Crippen LogP contribution in [0.3, 0.4) is 0 Å². The molecule has 1 saturated heterocycles. The number of anilines is 1. The van der Waals surface area contributed by atoms with Gasteiger partial charge in [0.2, 0.25) is 0 Å². The smallest absolute Gasteiger partial charge is 0.251 e. The molecule has 2 aromatic heterocycles. The minimum Gasteiger partial charge on any atom is -0.497 e. The van der Waals surface area contributed by atoms with Crippen LogP contribution in [0.5, 0.6) is 11.5 Å². The number of ether oxygens (including phenoxy) is 3. The van der Waals surface area contributed by atoms with Crippen LogP contribution < -0.4 is 20.1 Å². The van der Waals surface area contributed by atoms with E-state index >= 15 is 0 Å². The zero-order valence-electron chi connectivity index (χ0n) is 22.4. The van der Waals surface area contributed by atoms with Crippen molar-refractivity contribution in [3.63, 3.8) is 0 Å². The second-order valence-electron chi connectivity index (χ2n) is 9.56. The summed E-state index contributed by atoms with van der Waals surface area (Å²) in [7, 11) is 2.99. The Balaban J connectivity index is 1.36. The molecule has 0 aliphatic carbocycles. The molecule has 1 fully saturated rings. The van der Waals surface area contributed by atoms with Gasteiger partial charge in [-0.05, 0) is 30.2 Å². The Kier molecular flexibility index (Phi) is 8.10. The van der Waals surface area contributed by atoms with Gasteiger partial charge in [-0.1, -0.05) is 24.3 Å². The van der Waals surface area contributed by atoms with Crippen LogP contribution in [0.2, 0.25) is 0 Å². The topological polar surface area (TPSA) is 153 Å². The third-order valence-electron chi connectivity index (χ3n) is 7.08. The summed E-state index contributed by atoms with van der Waals surface area (Å²) in [5, 5.41) is 26.9. The maximum atomic E-state index is 13.2. The van der Waals surface area contributed by atoms with Crippen LogP contribution >= 0.6 is 0 Å². The van der Waals surface area contributed by atoms with E-state index in [4.69, 9.17) is 14.2 Å². The molecule has 3 heterocycles. The predicted molar refractivity (Wildman–Crippen MR) is 146 cm³/mol. The monoisotopic (exact) mass is 548 g/mol. The Hall–Kier alpha value is -4.26. The second-order valence-corrected chi connectivity index (χ2v) is 9.56. The number of hydrogen-bond acceptors (Lipinski definition) is 10. The summed E-state index contributed by atoms with van der Waals surface area (Å²) < 4.78 is 18.3. The van der Waals surface area contributed by atoms with E-state index in [-0.39, 0.29) is 6.54 Å². The lowest BCUT2D eigenvalue weighted by molar-refractivity contribution is -0.0255. The molecule has 5 rings (SSSR count). The van der Waals surface area contributed by atoms with Crippen LogP contribution in [0, 0.1) is 6.92 Å². The van der Waals surface area contributed by atoms with Gasteiger partial charge in [-0.3, -0.25) is 4.79 Å². The number of rotatable bonds is 10. The van der Waals surface area contributed by atoms with Crippen molar-refractivity contribution in [1.82, 2.24) is 24.8 Å². The second kappa shape index (κ2) is 11.9. The van der Waals surface area contributed by atoms with Crippen LogP contribution in [0.25, 0.3) is 11.2 Å². The number of nitrogens with zero attached hydrogens (tertiary/aromatic N) is 4. The molecular formula is C28H32N6O6. The Morgan fingerprint density at radius 1 is 1.07 bits per heavy atom. The number of amides is 1. The van der Waals surface area contributed by atoms with E-state index in [1.807, 2.05) is 12.1 Å². The van der Waals surface area contributed by atoms with Gasteiger partial charge < -0.3 is 39.6 Å². The first-order valence-electron chi connectivity index (χ1n) is 12.8. The highest BCUT2D eigenvalue weighted by atomic mass is 16.5. The number of fused-ring (bicyclic) bond motifs is 1.